The minimum absolute atomic E-state index is 0.0557. The van der Waals surface area contributed by atoms with E-state index >= 15 is 0 Å². The highest BCUT2D eigenvalue weighted by molar-refractivity contribution is 7.80. The Kier molecular flexibility index (Phi) is 5.73. The Morgan fingerprint density at radius 2 is 2.00 bits per heavy atom. The fraction of sp³-hybridized carbons (Fsp3) is 0.429. The Morgan fingerprint density at radius 3 is 2.52 bits per heavy atom. The van der Waals surface area contributed by atoms with E-state index in [1.165, 1.54) is 13.3 Å². The molecule has 0 aliphatic carbocycles. The number of nitrogens with two attached hydrogens (primary N) is 1. The zero-order valence-corrected chi connectivity index (χ0v) is 14.6. The maximum absolute atomic E-state index is 6.17. The fourth-order valence-corrected chi connectivity index (χ4v) is 2.54. The van der Waals surface area contributed by atoms with Crippen molar-refractivity contribution >= 4 is 35.1 Å². The molecule has 0 aromatic heterocycles. The molecule has 0 fully saturated rings. The lowest BCUT2D eigenvalue weighted by molar-refractivity contribution is 0.168. The molecule has 0 saturated carbocycles. The highest BCUT2D eigenvalue weighted by Crippen LogP contribution is 2.52. The van der Waals surface area contributed by atoms with Gasteiger partial charge < -0.3 is 24.7 Å². The highest BCUT2D eigenvalue weighted by atomic mass is 35.5. The van der Waals surface area contributed by atoms with Crippen LogP contribution in [0.4, 0.5) is 0 Å². The Morgan fingerprint density at radius 1 is 1.39 bits per heavy atom. The SMILES string of the molecule is COc1c(C=NNC(N)=S)c(CC(C)Cl)c(OC)c2c1OCO2. The predicted molar refractivity (Wildman–Crippen MR) is 92.2 cm³/mol. The number of hydrazone groups is 1. The predicted octanol–water partition coefficient (Wildman–Crippen LogP) is 1.77. The minimum Gasteiger partial charge on any atom is -0.492 e. The molecule has 0 saturated heterocycles. The number of halogens is 1. The molecule has 0 bridgehead atoms. The first-order chi connectivity index (χ1) is 11.0. The van der Waals surface area contributed by atoms with E-state index < -0.39 is 0 Å². The number of ether oxygens (including phenoxy) is 4. The third-order valence-corrected chi connectivity index (χ3v) is 3.38. The topological polar surface area (TPSA) is 87.3 Å². The largest absolute Gasteiger partial charge is 0.492 e. The van der Waals surface area contributed by atoms with Crippen LogP contribution in [0.15, 0.2) is 5.10 Å². The number of nitrogens with zero attached hydrogens (tertiary/aromatic N) is 1. The van der Waals surface area contributed by atoms with Crippen LogP contribution in [0.2, 0.25) is 0 Å². The summed E-state index contributed by atoms with van der Waals surface area (Å²) in [7, 11) is 3.09. The summed E-state index contributed by atoms with van der Waals surface area (Å²) in [4.78, 5) is 0. The molecule has 9 heteroatoms. The smallest absolute Gasteiger partial charge is 0.231 e. The van der Waals surface area contributed by atoms with E-state index in [1.54, 1.807) is 7.11 Å². The van der Waals surface area contributed by atoms with Crippen LogP contribution in [0.25, 0.3) is 0 Å². The van der Waals surface area contributed by atoms with Gasteiger partial charge in [0.1, 0.15) is 0 Å². The quantitative estimate of drug-likeness (QED) is 0.346. The summed E-state index contributed by atoms with van der Waals surface area (Å²) in [6.45, 7) is 1.97. The normalized spacial score (nSPS) is 13.9. The Labute approximate surface area is 144 Å². The molecular formula is C14H18ClN3O4S. The number of benzene rings is 1. The van der Waals surface area contributed by atoms with Crippen molar-refractivity contribution < 1.29 is 18.9 Å². The molecule has 7 nitrogen and oxygen atoms in total. The van der Waals surface area contributed by atoms with Gasteiger partial charge >= 0.3 is 0 Å². The molecule has 1 aromatic carbocycles. The molecule has 0 radical (unpaired) electrons. The van der Waals surface area contributed by atoms with Crippen molar-refractivity contribution in [3.05, 3.63) is 11.1 Å². The summed E-state index contributed by atoms with van der Waals surface area (Å²) >= 11 is 10.9. The van der Waals surface area contributed by atoms with E-state index in [0.29, 0.717) is 35.0 Å². The molecule has 0 amide bonds. The lowest BCUT2D eigenvalue weighted by atomic mass is 9.99. The molecule has 3 N–H and O–H groups in total. The van der Waals surface area contributed by atoms with Crippen LogP contribution in [-0.4, -0.2) is 37.7 Å². The van der Waals surface area contributed by atoms with E-state index in [4.69, 9.17) is 48.5 Å². The molecule has 1 atom stereocenters. The van der Waals surface area contributed by atoms with Gasteiger partial charge in [0.05, 0.1) is 20.4 Å². The second kappa shape index (κ2) is 7.56. The maximum atomic E-state index is 6.17. The van der Waals surface area contributed by atoms with Crippen LogP contribution in [0.1, 0.15) is 18.1 Å². The van der Waals surface area contributed by atoms with Crippen LogP contribution in [-0.2, 0) is 6.42 Å². The highest BCUT2D eigenvalue weighted by Gasteiger charge is 2.31. The van der Waals surface area contributed by atoms with Crippen molar-refractivity contribution in [2.45, 2.75) is 18.7 Å². The van der Waals surface area contributed by atoms with Crippen LogP contribution in [0.3, 0.4) is 0 Å². The van der Waals surface area contributed by atoms with Crippen LogP contribution >= 0.6 is 23.8 Å². The zero-order valence-electron chi connectivity index (χ0n) is 13.0. The third-order valence-electron chi connectivity index (χ3n) is 3.13. The van der Waals surface area contributed by atoms with Crippen molar-refractivity contribution in [3.8, 4) is 23.0 Å². The van der Waals surface area contributed by atoms with E-state index in [1.807, 2.05) is 6.92 Å². The number of methoxy groups -OCH3 is 2. The van der Waals surface area contributed by atoms with Gasteiger partial charge in [-0.15, -0.1) is 11.6 Å². The van der Waals surface area contributed by atoms with Gasteiger partial charge in [-0.05, 0) is 25.6 Å². The Hall–Kier alpha value is -1.93. The molecule has 126 valence electrons. The van der Waals surface area contributed by atoms with Crippen LogP contribution < -0.4 is 30.1 Å². The summed E-state index contributed by atoms with van der Waals surface area (Å²) in [5.41, 5.74) is 9.34. The van der Waals surface area contributed by atoms with Gasteiger partial charge in [0.15, 0.2) is 16.6 Å². The molecule has 1 unspecified atom stereocenters. The molecule has 1 aliphatic heterocycles. The Bertz CT molecular complexity index is 637. The van der Waals surface area contributed by atoms with Crippen molar-refractivity contribution in [2.24, 2.45) is 10.8 Å². The van der Waals surface area contributed by atoms with Gasteiger partial charge in [-0.1, -0.05) is 0 Å². The van der Waals surface area contributed by atoms with E-state index in [-0.39, 0.29) is 17.3 Å². The molecule has 1 heterocycles. The van der Waals surface area contributed by atoms with Gasteiger partial charge in [0, 0.05) is 16.5 Å². The molecule has 0 spiro atoms. The van der Waals surface area contributed by atoms with Gasteiger partial charge in [-0.3, -0.25) is 5.43 Å². The Balaban J connectivity index is 2.63. The first-order valence-corrected chi connectivity index (χ1v) is 7.63. The lowest BCUT2D eigenvalue weighted by Crippen LogP contribution is -2.24. The van der Waals surface area contributed by atoms with E-state index in [2.05, 4.69) is 10.5 Å². The number of hydrogen-bond acceptors (Lipinski definition) is 6. The first-order valence-electron chi connectivity index (χ1n) is 6.78. The molecule has 1 aromatic rings. The average molecular weight is 360 g/mol. The summed E-state index contributed by atoms with van der Waals surface area (Å²) in [6, 6.07) is 0. The van der Waals surface area contributed by atoms with E-state index in [0.717, 1.165) is 5.56 Å². The third kappa shape index (κ3) is 3.70. The van der Waals surface area contributed by atoms with Crippen LogP contribution in [0, 0.1) is 0 Å². The number of fused-ring (bicyclic) bond motifs is 1. The monoisotopic (exact) mass is 359 g/mol. The number of nitrogens with one attached hydrogen (secondary N) is 1. The van der Waals surface area contributed by atoms with E-state index in [9.17, 15) is 0 Å². The number of thiocarbonyl (C=S) groups is 1. The van der Waals surface area contributed by atoms with Crippen molar-refractivity contribution in [3.63, 3.8) is 0 Å². The van der Waals surface area contributed by atoms with Gasteiger partial charge in [-0.2, -0.15) is 5.10 Å². The minimum atomic E-state index is -0.135. The van der Waals surface area contributed by atoms with Gasteiger partial charge in [-0.25, -0.2) is 0 Å². The first kappa shape index (κ1) is 17.4. The van der Waals surface area contributed by atoms with Crippen LogP contribution in [0.5, 0.6) is 23.0 Å². The number of rotatable bonds is 6. The summed E-state index contributed by atoms with van der Waals surface area (Å²) in [5.74, 6) is 1.99. The molecular weight excluding hydrogens is 342 g/mol. The maximum Gasteiger partial charge on any atom is 0.231 e. The zero-order chi connectivity index (χ0) is 17.0. The second-order valence-corrected chi connectivity index (χ2v) is 5.93. The van der Waals surface area contributed by atoms with Crippen molar-refractivity contribution in [2.75, 3.05) is 21.0 Å². The van der Waals surface area contributed by atoms with Crippen molar-refractivity contribution in [1.29, 1.82) is 0 Å². The summed E-state index contributed by atoms with van der Waals surface area (Å²) in [6.07, 6.45) is 2.06. The molecule has 23 heavy (non-hydrogen) atoms. The standard InChI is InChI=1S/C14H18ClN3O4S/c1-7(15)4-8-9(5-17-18-14(16)23)11(20-3)13-12(10(8)19-2)21-6-22-13/h5,7H,4,6H2,1-3H3,(H3,16,18,23). The number of alkyl halides is 1. The van der Waals surface area contributed by atoms with Gasteiger partial charge in [0.25, 0.3) is 0 Å². The summed E-state index contributed by atoms with van der Waals surface area (Å²) in [5, 5.41) is 3.92. The second-order valence-electron chi connectivity index (χ2n) is 4.74. The molecule has 1 aliphatic rings. The van der Waals surface area contributed by atoms with Crippen molar-refractivity contribution in [1.82, 2.24) is 5.43 Å². The fourth-order valence-electron chi connectivity index (χ4n) is 2.33. The number of hydrogen-bond donors (Lipinski definition) is 2. The average Bonchev–Trinajstić information content (AvgIpc) is 2.95. The van der Waals surface area contributed by atoms with Gasteiger partial charge in [0.2, 0.25) is 18.3 Å². The molecule has 2 rings (SSSR count). The summed E-state index contributed by atoms with van der Waals surface area (Å²) < 4.78 is 22.0. The lowest BCUT2D eigenvalue weighted by Gasteiger charge is -2.18.